The molecule has 2 rings (SSSR count). The zero-order valence-corrected chi connectivity index (χ0v) is 11.2. The van der Waals surface area contributed by atoms with Crippen molar-refractivity contribution in [3.63, 3.8) is 0 Å². The first-order valence-electron chi connectivity index (χ1n) is 6.83. The van der Waals surface area contributed by atoms with Gasteiger partial charge in [-0.15, -0.1) is 0 Å². The number of halogens is 1. The molecular weight excluding hydrogens is 229 g/mol. The second-order valence-electron chi connectivity index (χ2n) is 5.98. The third kappa shape index (κ3) is 2.89. The number of nitrogens with zero attached hydrogens (tertiary/aromatic N) is 1. The minimum atomic E-state index is -0.995. The Hall–Kier alpha value is -0.960. The van der Waals surface area contributed by atoms with Crippen LogP contribution in [0.3, 0.4) is 0 Å². The maximum Gasteiger partial charge on any atom is 0.147 e. The zero-order chi connectivity index (χ0) is 13.2. The maximum atomic E-state index is 13.8. The van der Waals surface area contributed by atoms with E-state index in [2.05, 4.69) is 18.8 Å². The second kappa shape index (κ2) is 5.35. The lowest BCUT2D eigenvalue weighted by Gasteiger charge is -2.38. The molecule has 0 aliphatic heterocycles. The summed E-state index contributed by atoms with van der Waals surface area (Å²) in [7, 11) is 0. The van der Waals surface area contributed by atoms with Gasteiger partial charge < -0.3 is 5.11 Å². The molecule has 3 heteroatoms. The van der Waals surface area contributed by atoms with Crippen molar-refractivity contribution in [3.8, 4) is 0 Å². The molecule has 1 aliphatic carbocycles. The molecular formula is C15H22FNO. The molecule has 0 saturated heterocycles. The summed E-state index contributed by atoms with van der Waals surface area (Å²) in [6, 6.07) is 1.62. The summed E-state index contributed by atoms with van der Waals surface area (Å²) >= 11 is 0. The first-order valence-corrected chi connectivity index (χ1v) is 6.83. The van der Waals surface area contributed by atoms with Gasteiger partial charge in [-0.3, -0.25) is 4.98 Å². The van der Waals surface area contributed by atoms with E-state index in [0.717, 1.165) is 19.3 Å². The van der Waals surface area contributed by atoms with E-state index in [4.69, 9.17) is 0 Å². The van der Waals surface area contributed by atoms with Gasteiger partial charge >= 0.3 is 0 Å². The third-order valence-corrected chi connectivity index (χ3v) is 3.91. The Morgan fingerprint density at radius 2 is 2.33 bits per heavy atom. The summed E-state index contributed by atoms with van der Waals surface area (Å²) in [5.74, 6) is 0.737. The molecule has 0 bridgehead atoms. The molecule has 1 aromatic heterocycles. The van der Waals surface area contributed by atoms with Gasteiger partial charge in [-0.25, -0.2) is 4.39 Å². The smallest absolute Gasteiger partial charge is 0.147 e. The van der Waals surface area contributed by atoms with Gasteiger partial charge in [-0.1, -0.05) is 20.3 Å². The van der Waals surface area contributed by atoms with E-state index in [0.29, 0.717) is 30.2 Å². The molecule has 1 saturated carbocycles. The van der Waals surface area contributed by atoms with Gasteiger partial charge in [-0.05, 0) is 43.6 Å². The summed E-state index contributed by atoms with van der Waals surface area (Å²) in [5, 5.41) is 10.7. The van der Waals surface area contributed by atoms with Crippen LogP contribution in [0, 0.1) is 17.7 Å². The van der Waals surface area contributed by atoms with Crippen LogP contribution >= 0.6 is 0 Å². The first-order chi connectivity index (χ1) is 8.51. The topological polar surface area (TPSA) is 33.1 Å². The fourth-order valence-electron chi connectivity index (χ4n) is 3.23. The Kier molecular flexibility index (Phi) is 4.00. The predicted octanol–water partition coefficient (Wildman–Crippen LogP) is 3.64. The molecule has 0 radical (unpaired) electrons. The van der Waals surface area contributed by atoms with Gasteiger partial charge in [0.2, 0.25) is 0 Å². The second-order valence-corrected chi connectivity index (χ2v) is 5.98. The summed E-state index contributed by atoms with van der Waals surface area (Å²) in [5.41, 5.74) is -0.573. The van der Waals surface area contributed by atoms with Gasteiger partial charge in [0.25, 0.3) is 0 Å². The lowest BCUT2D eigenvalue weighted by atomic mass is 9.72. The Morgan fingerprint density at radius 1 is 1.56 bits per heavy atom. The molecule has 1 aliphatic rings. The van der Waals surface area contributed by atoms with Gasteiger partial charge in [-0.2, -0.15) is 0 Å². The van der Waals surface area contributed by atoms with E-state index in [-0.39, 0.29) is 5.82 Å². The fourth-order valence-corrected chi connectivity index (χ4v) is 3.23. The minimum absolute atomic E-state index is 0.384. The Balaban J connectivity index is 2.18. The van der Waals surface area contributed by atoms with Gasteiger partial charge in [0.05, 0.1) is 11.8 Å². The summed E-state index contributed by atoms with van der Waals surface area (Å²) in [6.07, 6.45) is 7.30. The quantitative estimate of drug-likeness (QED) is 0.889. The number of aromatic nitrogens is 1. The Labute approximate surface area is 108 Å². The fraction of sp³-hybridized carbons (Fsp3) is 0.667. The highest BCUT2D eigenvalue weighted by atomic mass is 19.1. The van der Waals surface area contributed by atoms with Crippen LogP contribution in [0.25, 0.3) is 0 Å². The van der Waals surface area contributed by atoms with Crippen molar-refractivity contribution in [2.24, 2.45) is 11.8 Å². The highest BCUT2D eigenvalue weighted by Gasteiger charge is 2.37. The van der Waals surface area contributed by atoms with Crippen LogP contribution in [-0.2, 0) is 5.60 Å². The number of hydrogen-bond acceptors (Lipinski definition) is 2. The first kappa shape index (κ1) is 13.5. The monoisotopic (exact) mass is 251 g/mol. The molecule has 2 nitrogen and oxygen atoms in total. The van der Waals surface area contributed by atoms with E-state index in [1.165, 1.54) is 6.20 Å². The standard InChI is InChI=1S/C15H22FNO/c1-11(2)8-12-4-3-6-15(18,9-12)13-5-7-17-10-14(13)16/h5,7,10-12,18H,3-4,6,8-9H2,1-2H3. The van der Waals surface area contributed by atoms with E-state index < -0.39 is 5.60 Å². The number of hydrogen-bond donors (Lipinski definition) is 1. The molecule has 18 heavy (non-hydrogen) atoms. The molecule has 2 atom stereocenters. The summed E-state index contributed by atoms with van der Waals surface area (Å²) in [4.78, 5) is 3.75. The van der Waals surface area contributed by atoms with Crippen LogP contribution in [0.2, 0.25) is 0 Å². The predicted molar refractivity (Wildman–Crippen MR) is 69.5 cm³/mol. The van der Waals surface area contributed by atoms with Crippen molar-refractivity contribution >= 4 is 0 Å². The van der Waals surface area contributed by atoms with Crippen molar-refractivity contribution in [1.82, 2.24) is 4.98 Å². The number of rotatable bonds is 3. The summed E-state index contributed by atoms with van der Waals surface area (Å²) in [6.45, 7) is 4.39. The lowest BCUT2D eigenvalue weighted by molar-refractivity contribution is -0.0272. The molecule has 100 valence electrons. The largest absolute Gasteiger partial charge is 0.385 e. The Morgan fingerprint density at radius 3 is 3.00 bits per heavy atom. The zero-order valence-electron chi connectivity index (χ0n) is 11.2. The molecule has 0 spiro atoms. The highest BCUT2D eigenvalue weighted by molar-refractivity contribution is 5.22. The number of pyridine rings is 1. The van der Waals surface area contributed by atoms with Crippen LogP contribution in [-0.4, -0.2) is 10.1 Å². The summed E-state index contributed by atoms with van der Waals surface area (Å²) < 4.78 is 13.8. The average molecular weight is 251 g/mol. The van der Waals surface area contributed by atoms with Gasteiger partial charge in [0.15, 0.2) is 0 Å². The van der Waals surface area contributed by atoms with Gasteiger partial charge in [0.1, 0.15) is 5.82 Å². The lowest BCUT2D eigenvalue weighted by Crippen LogP contribution is -2.34. The number of aliphatic hydroxyl groups is 1. The molecule has 0 aromatic carbocycles. The van der Waals surface area contributed by atoms with Crippen molar-refractivity contribution in [2.45, 2.75) is 51.6 Å². The molecule has 0 amide bonds. The average Bonchev–Trinajstić information content (AvgIpc) is 2.28. The maximum absolute atomic E-state index is 13.8. The van der Waals surface area contributed by atoms with E-state index >= 15 is 0 Å². The van der Waals surface area contributed by atoms with Crippen molar-refractivity contribution < 1.29 is 9.50 Å². The van der Waals surface area contributed by atoms with E-state index in [9.17, 15) is 9.50 Å². The molecule has 1 fully saturated rings. The van der Waals surface area contributed by atoms with Crippen LogP contribution in [0.5, 0.6) is 0 Å². The van der Waals surface area contributed by atoms with Crippen LogP contribution < -0.4 is 0 Å². The van der Waals surface area contributed by atoms with Crippen molar-refractivity contribution in [2.75, 3.05) is 0 Å². The minimum Gasteiger partial charge on any atom is -0.385 e. The van der Waals surface area contributed by atoms with E-state index in [1.807, 2.05) is 0 Å². The van der Waals surface area contributed by atoms with Crippen LogP contribution in [0.1, 0.15) is 51.5 Å². The van der Waals surface area contributed by atoms with Crippen molar-refractivity contribution in [3.05, 3.63) is 29.8 Å². The van der Waals surface area contributed by atoms with Gasteiger partial charge in [0, 0.05) is 11.8 Å². The normalized spacial score (nSPS) is 28.6. The van der Waals surface area contributed by atoms with Crippen LogP contribution in [0.4, 0.5) is 4.39 Å². The van der Waals surface area contributed by atoms with Crippen LogP contribution in [0.15, 0.2) is 18.5 Å². The SMILES string of the molecule is CC(C)CC1CCCC(O)(c2ccncc2F)C1. The highest BCUT2D eigenvalue weighted by Crippen LogP contribution is 2.42. The molecule has 1 aromatic rings. The van der Waals surface area contributed by atoms with E-state index in [1.54, 1.807) is 12.3 Å². The van der Waals surface area contributed by atoms with Crippen molar-refractivity contribution in [1.29, 1.82) is 0 Å². The third-order valence-electron chi connectivity index (χ3n) is 3.91. The Bertz CT molecular complexity index is 407. The molecule has 1 heterocycles. The molecule has 1 N–H and O–H groups in total. The molecule has 2 unspecified atom stereocenters.